The molecule has 1 aromatic carbocycles. The summed E-state index contributed by atoms with van der Waals surface area (Å²) < 4.78 is 54.9. The molecule has 1 aromatic heterocycles. The third-order valence-corrected chi connectivity index (χ3v) is 6.94. The Morgan fingerprint density at radius 1 is 1.15 bits per heavy atom. The maximum atomic E-state index is 12.6. The van der Waals surface area contributed by atoms with Gasteiger partial charge in [-0.3, -0.25) is 4.90 Å². The molecule has 4 rings (SSSR count). The van der Waals surface area contributed by atoms with Crippen LogP contribution in [0.2, 0.25) is 0 Å². The molecule has 2 fully saturated rings. The number of alkyl carbamates (subject to hydrolysis) is 1. The van der Waals surface area contributed by atoms with Gasteiger partial charge in [-0.25, -0.2) is 4.79 Å². The van der Waals surface area contributed by atoms with Gasteiger partial charge in [0.1, 0.15) is 17.2 Å². The summed E-state index contributed by atoms with van der Waals surface area (Å²) in [7, 11) is 0. The minimum Gasteiger partial charge on any atom is -0.444 e. The fourth-order valence-electron chi connectivity index (χ4n) is 5.59. The number of fused-ring (bicyclic) bond motifs is 2. The topological polar surface area (TPSA) is 72.3 Å². The van der Waals surface area contributed by atoms with Crippen molar-refractivity contribution < 1.29 is 17.8 Å². The van der Waals surface area contributed by atoms with Crippen molar-refractivity contribution in [1.29, 1.82) is 0 Å². The molecule has 1 N–H and O–H groups in total. The van der Waals surface area contributed by atoms with Crippen LogP contribution in [0.25, 0.3) is 0 Å². The van der Waals surface area contributed by atoms with Crippen LogP contribution in [-0.4, -0.2) is 50.0 Å². The van der Waals surface area contributed by atoms with E-state index in [1.807, 2.05) is 51.1 Å². The van der Waals surface area contributed by atoms with Crippen LogP contribution in [0.5, 0.6) is 0 Å². The van der Waals surface area contributed by atoms with Crippen LogP contribution in [0.15, 0.2) is 30.3 Å². The summed E-state index contributed by atoms with van der Waals surface area (Å²) >= 11 is 0. The predicted molar refractivity (Wildman–Crippen MR) is 134 cm³/mol. The summed E-state index contributed by atoms with van der Waals surface area (Å²) in [5.41, 5.74) is 0.421. The van der Waals surface area contributed by atoms with Crippen LogP contribution in [0.4, 0.5) is 4.79 Å². The maximum absolute atomic E-state index is 12.6. The summed E-state index contributed by atoms with van der Waals surface area (Å²) in [5, 5.41) is 11.3. The maximum Gasteiger partial charge on any atom is 0.408 e. The Labute approximate surface area is 212 Å². The molecule has 34 heavy (non-hydrogen) atoms. The molecule has 0 radical (unpaired) electrons. The zero-order valence-electron chi connectivity index (χ0n) is 26.6. The Morgan fingerprint density at radius 3 is 2.44 bits per heavy atom. The number of benzene rings is 1. The molecule has 7 heteroatoms. The molecule has 186 valence electrons. The molecule has 2 bridgehead atoms. The SMILES string of the molecule is [2H]C([2H])([2H])C(c1nnc(C)n1C1CC2CCC(C1)N2CC[C@H](NC(=O)OC(C)(C)C)c1ccccc1)C([2H])([2H])[2H]. The van der Waals surface area contributed by atoms with Crippen molar-refractivity contribution >= 4 is 6.09 Å². The molecule has 0 spiro atoms. The second-order valence-corrected chi connectivity index (χ2v) is 10.6. The van der Waals surface area contributed by atoms with Crippen molar-refractivity contribution in [2.75, 3.05) is 6.54 Å². The Morgan fingerprint density at radius 2 is 1.82 bits per heavy atom. The van der Waals surface area contributed by atoms with E-state index in [4.69, 9.17) is 13.0 Å². The third-order valence-electron chi connectivity index (χ3n) is 6.94. The molecule has 7 nitrogen and oxygen atoms in total. The number of hydrogen-bond donors (Lipinski definition) is 1. The van der Waals surface area contributed by atoms with E-state index in [0.29, 0.717) is 12.2 Å². The quantitative estimate of drug-likeness (QED) is 0.572. The number of aryl methyl sites for hydroxylation is 1. The number of ether oxygens (including phenoxy) is 1. The van der Waals surface area contributed by atoms with Gasteiger partial charge in [0.05, 0.1) is 6.04 Å². The Hall–Kier alpha value is -2.41. The van der Waals surface area contributed by atoms with Crippen molar-refractivity contribution in [3.8, 4) is 0 Å². The number of amides is 1. The van der Waals surface area contributed by atoms with Crippen molar-refractivity contribution in [2.24, 2.45) is 0 Å². The van der Waals surface area contributed by atoms with E-state index in [9.17, 15) is 4.79 Å². The van der Waals surface area contributed by atoms with E-state index in [1.54, 1.807) is 11.5 Å². The van der Waals surface area contributed by atoms with Gasteiger partial charge in [-0.2, -0.15) is 0 Å². The van der Waals surface area contributed by atoms with Crippen LogP contribution in [0, 0.1) is 6.92 Å². The number of carbonyl (C=O) groups excluding carboxylic acids is 1. The number of rotatable bonds is 7. The normalized spacial score (nSPS) is 27.1. The molecule has 2 aromatic rings. The lowest BCUT2D eigenvalue weighted by atomic mass is 9.95. The van der Waals surface area contributed by atoms with Gasteiger partial charge in [0.2, 0.25) is 0 Å². The summed E-state index contributed by atoms with van der Waals surface area (Å²) in [6.45, 7) is 2.60. The smallest absolute Gasteiger partial charge is 0.408 e. The van der Waals surface area contributed by atoms with Crippen LogP contribution in [-0.2, 0) is 4.74 Å². The van der Waals surface area contributed by atoms with Crippen LogP contribution < -0.4 is 5.32 Å². The number of hydrogen-bond acceptors (Lipinski definition) is 5. The van der Waals surface area contributed by atoms with Gasteiger partial charge in [-0.1, -0.05) is 44.0 Å². The fraction of sp³-hybridized carbons (Fsp3) is 0.667. The highest BCUT2D eigenvalue weighted by Gasteiger charge is 2.42. The van der Waals surface area contributed by atoms with E-state index in [2.05, 4.69) is 20.4 Å². The monoisotopic (exact) mass is 473 g/mol. The number of nitrogens with one attached hydrogen (secondary N) is 1. The first-order valence-corrected chi connectivity index (χ1v) is 12.3. The molecule has 1 amide bonds. The number of aromatic nitrogens is 3. The highest BCUT2D eigenvalue weighted by atomic mass is 16.6. The Bertz CT molecular complexity index is 1130. The van der Waals surface area contributed by atoms with Gasteiger partial charge in [0, 0.05) is 38.8 Å². The van der Waals surface area contributed by atoms with E-state index in [-0.39, 0.29) is 30.0 Å². The summed E-state index contributed by atoms with van der Waals surface area (Å²) in [6, 6.07) is 10.1. The van der Waals surface area contributed by atoms with Gasteiger partial charge in [-0.05, 0) is 65.4 Å². The lowest BCUT2D eigenvalue weighted by molar-refractivity contribution is 0.0488. The average Bonchev–Trinajstić information content (AvgIpc) is 3.28. The van der Waals surface area contributed by atoms with Crippen molar-refractivity contribution in [3.63, 3.8) is 0 Å². The summed E-state index contributed by atoms with van der Waals surface area (Å²) in [6.07, 6.45) is 3.79. The van der Waals surface area contributed by atoms with Gasteiger partial charge in [0.25, 0.3) is 0 Å². The molecule has 2 aliphatic rings. The molecule has 2 unspecified atom stereocenters. The molecule has 2 aliphatic heterocycles. The van der Waals surface area contributed by atoms with E-state index in [1.165, 1.54) is 0 Å². The fourth-order valence-corrected chi connectivity index (χ4v) is 5.59. The van der Waals surface area contributed by atoms with Crippen LogP contribution >= 0.6 is 0 Å². The van der Waals surface area contributed by atoms with Crippen LogP contribution in [0.3, 0.4) is 0 Å². The van der Waals surface area contributed by atoms with Gasteiger partial charge < -0.3 is 14.6 Å². The Balaban J connectivity index is 1.49. The average molecular weight is 474 g/mol. The first-order valence-electron chi connectivity index (χ1n) is 15.3. The molecule has 0 aliphatic carbocycles. The van der Waals surface area contributed by atoms with Crippen molar-refractivity contribution in [1.82, 2.24) is 25.0 Å². The van der Waals surface area contributed by atoms with Crippen molar-refractivity contribution in [2.45, 2.75) is 109 Å². The Kier molecular flexibility index (Phi) is 5.31. The molecular formula is C27H41N5O2. The minimum atomic E-state index is -2.73. The van der Waals surface area contributed by atoms with Gasteiger partial charge in [0.15, 0.2) is 0 Å². The number of carbonyl (C=O) groups is 1. The van der Waals surface area contributed by atoms with Crippen LogP contribution in [0.1, 0.15) is 110 Å². The lowest BCUT2D eigenvalue weighted by Gasteiger charge is -2.40. The second kappa shape index (κ2) is 10.1. The van der Waals surface area contributed by atoms with Gasteiger partial charge >= 0.3 is 6.09 Å². The zero-order valence-corrected chi connectivity index (χ0v) is 20.6. The van der Waals surface area contributed by atoms with Crippen molar-refractivity contribution in [3.05, 3.63) is 47.5 Å². The first kappa shape index (κ1) is 17.9. The number of piperidine rings is 1. The standard InChI is InChI=1S/C27H41N5O2/c1-18(2)25-30-29-19(3)32(25)23-16-21-12-13-22(17-23)31(21)15-14-24(20-10-8-7-9-11-20)28-26(33)34-27(4,5)6/h7-11,18,21-24H,12-17H2,1-6H3,(H,28,33)/t21?,22?,23?,24-/m0/s1/i1D3,2D3. The second-order valence-electron chi connectivity index (χ2n) is 10.6. The largest absolute Gasteiger partial charge is 0.444 e. The third kappa shape index (κ3) is 5.62. The van der Waals surface area contributed by atoms with E-state index in [0.717, 1.165) is 37.8 Å². The highest BCUT2D eigenvalue weighted by molar-refractivity contribution is 5.68. The molecule has 0 saturated carbocycles. The minimum absolute atomic E-state index is 0.0288. The van der Waals surface area contributed by atoms with E-state index >= 15 is 0 Å². The summed E-state index contributed by atoms with van der Waals surface area (Å²) in [4.78, 5) is 15.1. The molecule has 2 saturated heterocycles. The zero-order chi connectivity index (χ0) is 29.5. The molecule has 3 atom stereocenters. The molecule has 3 heterocycles. The lowest BCUT2D eigenvalue weighted by Crippen LogP contribution is -2.45. The predicted octanol–water partition coefficient (Wildman–Crippen LogP) is 5.53. The number of nitrogens with zero attached hydrogens (tertiary/aromatic N) is 4. The first-order chi connectivity index (χ1) is 18.5. The summed E-state index contributed by atoms with van der Waals surface area (Å²) in [5.74, 6) is -1.12. The van der Waals surface area contributed by atoms with E-state index < -0.39 is 31.3 Å². The highest BCUT2D eigenvalue weighted by Crippen LogP contribution is 2.42. The van der Waals surface area contributed by atoms with Gasteiger partial charge in [-0.15, -0.1) is 10.2 Å². The molecular weight excluding hydrogens is 426 g/mol.